The van der Waals surface area contributed by atoms with E-state index in [9.17, 15) is 21.2 Å². The summed E-state index contributed by atoms with van der Waals surface area (Å²) in [5.74, 6) is -0.481. The summed E-state index contributed by atoms with van der Waals surface area (Å²) in [5, 5.41) is -0.459. The van der Waals surface area contributed by atoms with Crippen molar-refractivity contribution in [2.24, 2.45) is 0 Å². The van der Waals surface area contributed by atoms with E-state index in [1.165, 1.54) is 22.5 Å². The highest BCUT2D eigenvalue weighted by Crippen LogP contribution is 2.30. The average molecular weight is 426 g/mol. The molecule has 0 spiro atoms. The molecule has 2 aromatic rings. The van der Waals surface area contributed by atoms with Crippen LogP contribution in [0.1, 0.15) is 32.3 Å². The number of nitrogens with zero attached hydrogens (tertiary/aromatic N) is 1. The second-order valence-electron chi connectivity index (χ2n) is 7.43. The van der Waals surface area contributed by atoms with E-state index < -0.39 is 30.9 Å². The largest absolute Gasteiger partial charge is 0.224 e. The van der Waals surface area contributed by atoms with Gasteiger partial charge in [0, 0.05) is 24.4 Å². The lowest BCUT2D eigenvalue weighted by atomic mass is 10.0. The first-order chi connectivity index (χ1) is 13.0. The van der Waals surface area contributed by atoms with Gasteiger partial charge in [0.2, 0.25) is 10.0 Å². The zero-order valence-electron chi connectivity index (χ0n) is 16.1. The molecular formula is C20H24FNO4S2. The Morgan fingerprint density at radius 3 is 2.21 bits per heavy atom. The minimum atomic E-state index is -3.44. The second-order valence-corrected chi connectivity index (χ2v) is 11.7. The molecule has 28 heavy (non-hydrogen) atoms. The lowest BCUT2D eigenvalue weighted by Crippen LogP contribution is -2.47. The first kappa shape index (κ1) is 21.0. The van der Waals surface area contributed by atoms with E-state index in [-0.39, 0.29) is 17.5 Å². The molecule has 1 aliphatic rings. The maximum absolute atomic E-state index is 14.7. The second kappa shape index (κ2) is 7.57. The fourth-order valence-corrected chi connectivity index (χ4v) is 5.87. The Bertz CT molecular complexity index is 1080. The van der Waals surface area contributed by atoms with Gasteiger partial charge in [0.1, 0.15) is 5.82 Å². The minimum absolute atomic E-state index is 0.00691. The number of sulfonamides is 1. The molecule has 8 heteroatoms. The first-order valence-corrected chi connectivity index (χ1v) is 12.5. The number of hydrogen-bond acceptors (Lipinski definition) is 4. The van der Waals surface area contributed by atoms with Gasteiger partial charge in [-0.15, -0.1) is 0 Å². The normalized spacial score (nSPS) is 22.9. The van der Waals surface area contributed by atoms with Crippen LogP contribution in [0.4, 0.5) is 4.39 Å². The van der Waals surface area contributed by atoms with Crippen molar-refractivity contribution in [1.82, 2.24) is 4.31 Å². The van der Waals surface area contributed by atoms with Crippen molar-refractivity contribution in [2.45, 2.75) is 49.4 Å². The van der Waals surface area contributed by atoms with Crippen molar-refractivity contribution >= 4 is 19.9 Å². The van der Waals surface area contributed by atoms with Gasteiger partial charge in [-0.05, 0) is 56.0 Å². The number of hydrogen-bond donors (Lipinski definition) is 0. The van der Waals surface area contributed by atoms with Gasteiger partial charge < -0.3 is 0 Å². The zero-order chi connectivity index (χ0) is 20.7. The van der Waals surface area contributed by atoms with Gasteiger partial charge in [-0.2, -0.15) is 4.31 Å². The quantitative estimate of drug-likeness (QED) is 0.750. The summed E-state index contributed by atoms with van der Waals surface area (Å²) in [7, 11) is -6.73. The smallest absolute Gasteiger partial charge is 0.217 e. The van der Waals surface area contributed by atoms with Gasteiger partial charge in [0.05, 0.1) is 10.1 Å². The van der Waals surface area contributed by atoms with E-state index in [1.54, 1.807) is 31.2 Å². The Kier molecular flexibility index (Phi) is 5.67. The summed E-state index contributed by atoms with van der Waals surface area (Å²) >= 11 is 0. The SMILES string of the molecule is CC1CC[C@H](C)N(Cc2ccc(-c3ccc(S(C)(=O)=O)cc3)cc2F)S1(=O)=O. The van der Waals surface area contributed by atoms with Crippen LogP contribution < -0.4 is 0 Å². The molecule has 2 aromatic carbocycles. The molecule has 5 nitrogen and oxygen atoms in total. The van der Waals surface area contributed by atoms with Crippen LogP contribution in [0.2, 0.25) is 0 Å². The lowest BCUT2D eigenvalue weighted by Gasteiger charge is -2.36. The molecule has 0 radical (unpaired) electrons. The molecule has 1 fully saturated rings. The van der Waals surface area contributed by atoms with Crippen molar-refractivity contribution < 1.29 is 21.2 Å². The topological polar surface area (TPSA) is 71.5 Å². The zero-order valence-corrected chi connectivity index (χ0v) is 17.7. The van der Waals surface area contributed by atoms with E-state index in [0.717, 1.165) is 12.7 Å². The van der Waals surface area contributed by atoms with E-state index in [0.29, 0.717) is 23.1 Å². The van der Waals surface area contributed by atoms with Crippen molar-refractivity contribution in [1.29, 1.82) is 0 Å². The van der Waals surface area contributed by atoms with Crippen molar-refractivity contribution in [3.05, 3.63) is 53.8 Å². The third kappa shape index (κ3) is 4.14. The summed E-state index contributed by atoms with van der Waals surface area (Å²) in [4.78, 5) is 0.201. The Morgan fingerprint density at radius 1 is 1.04 bits per heavy atom. The van der Waals surface area contributed by atoms with Crippen LogP contribution in [0, 0.1) is 5.82 Å². The van der Waals surface area contributed by atoms with Crippen LogP contribution in [-0.2, 0) is 26.4 Å². The van der Waals surface area contributed by atoms with E-state index in [1.807, 2.05) is 6.92 Å². The van der Waals surface area contributed by atoms with Gasteiger partial charge in [-0.3, -0.25) is 0 Å². The standard InChI is InChI=1S/C20H24FNO4S2/c1-14-4-5-15(2)28(25,26)22(14)13-18-7-6-17(12-20(18)21)16-8-10-19(11-9-16)27(3,23)24/h6-12,14-15H,4-5,13H2,1-3H3/t14-,15?/m0/s1. The average Bonchev–Trinajstić information content (AvgIpc) is 2.63. The molecule has 1 unspecified atom stereocenters. The summed E-state index contributed by atoms with van der Waals surface area (Å²) in [6.45, 7) is 3.54. The van der Waals surface area contributed by atoms with Gasteiger partial charge >= 0.3 is 0 Å². The third-order valence-corrected chi connectivity index (χ3v) is 8.84. The van der Waals surface area contributed by atoms with Crippen LogP contribution in [0.25, 0.3) is 11.1 Å². The predicted molar refractivity (Wildman–Crippen MR) is 108 cm³/mol. The molecule has 1 aliphatic heterocycles. The van der Waals surface area contributed by atoms with Crippen molar-refractivity contribution in [3.8, 4) is 11.1 Å². The summed E-state index contributed by atoms with van der Waals surface area (Å²) in [5.41, 5.74) is 1.61. The first-order valence-electron chi connectivity index (χ1n) is 9.09. The lowest BCUT2D eigenvalue weighted by molar-refractivity contribution is 0.281. The Morgan fingerprint density at radius 2 is 1.64 bits per heavy atom. The van der Waals surface area contributed by atoms with Gasteiger partial charge in [0.15, 0.2) is 9.84 Å². The van der Waals surface area contributed by atoms with E-state index in [2.05, 4.69) is 0 Å². The molecule has 1 saturated heterocycles. The maximum atomic E-state index is 14.7. The molecule has 2 atom stereocenters. The highest BCUT2D eigenvalue weighted by Gasteiger charge is 2.37. The number of rotatable bonds is 4. The van der Waals surface area contributed by atoms with Gasteiger partial charge in [-0.25, -0.2) is 21.2 Å². The summed E-state index contributed by atoms with van der Waals surface area (Å²) in [6.07, 6.45) is 2.50. The van der Waals surface area contributed by atoms with Gasteiger partial charge in [-0.1, -0.05) is 24.3 Å². The number of halogens is 1. The molecule has 1 heterocycles. The van der Waals surface area contributed by atoms with Crippen LogP contribution in [-0.4, -0.2) is 38.7 Å². The Labute approximate surface area is 166 Å². The van der Waals surface area contributed by atoms with E-state index in [4.69, 9.17) is 0 Å². The molecular weight excluding hydrogens is 401 g/mol. The van der Waals surface area contributed by atoms with Crippen LogP contribution in [0.15, 0.2) is 47.4 Å². The molecule has 0 N–H and O–H groups in total. The minimum Gasteiger partial charge on any atom is -0.224 e. The number of benzene rings is 2. The highest BCUT2D eigenvalue weighted by atomic mass is 32.2. The third-order valence-electron chi connectivity index (χ3n) is 5.31. The summed E-state index contributed by atoms with van der Waals surface area (Å²) < 4.78 is 64.4. The molecule has 152 valence electrons. The molecule has 0 aromatic heterocycles. The maximum Gasteiger partial charge on any atom is 0.217 e. The highest BCUT2D eigenvalue weighted by molar-refractivity contribution is 7.90. The van der Waals surface area contributed by atoms with Crippen molar-refractivity contribution in [2.75, 3.05) is 6.26 Å². The van der Waals surface area contributed by atoms with E-state index >= 15 is 0 Å². The van der Waals surface area contributed by atoms with Crippen molar-refractivity contribution in [3.63, 3.8) is 0 Å². The predicted octanol–water partition coefficient (Wildman–Crippen LogP) is 3.60. The molecule has 0 aliphatic carbocycles. The number of sulfone groups is 1. The molecule has 0 saturated carbocycles. The monoisotopic (exact) mass is 425 g/mol. The fourth-order valence-electron chi connectivity index (χ4n) is 3.41. The molecule has 0 bridgehead atoms. The Hall–Kier alpha value is -1.77. The van der Waals surface area contributed by atoms with Crippen LogP contribution >= 0.6 is 0 Å². The van der Waals surface area contributed by atoms with Crippen LogP contribution in [0.3, 0.4) is 0 Å². The Balaban J connectivity index is 1.87. The van der Waals surface area contributed by atoms with Crippen LogP contribution in [0.5, 0.6) is 0 Å². The molecule has 3 rings (SSSR count). The van der Waals surface area contributed by atoms with Gasteiger partial charge in [0.25, 0.3) is 0 Å². The summed E-state index contributed by atoms with van der Waals surface area (Å²) in [6, 6.07) is 10.7. The fraction of sp³-hybridized carbons (Fsp3) is 0.400. The molecule has 0 amide bonds.